The van der Waals surface area contributed by atoms with Crippen molar-refractivity contribution in [3.63, 3.8) is 0 Å². The molecule has 0 saturated heterocycles. The van der Waals surface area contributed by atoms with Gasteiger partial charge >= 0.3 is 6.80 Å². The third-order valence-corrected chi connectivity index (χ3v) is 7.22. The molecule has 0 aromatic heterocycles. The summed E-state index contributed by atoms with van der Waals surface area (Å²) in [6.45, 7) is -0.938. The lowest BCUT2D eigenvalue weighted by atomic mass is 10.0. The zero-order valence-corrected chi connectivity index (χ0v) is 19.7. The highest BCUT2D eigenvalue weighted by molar-refractivity contribution is 8.54. The number of aliphatic hydroxyl groups excluding tert-OH is 1. The highest BCUT2D eigenvalue weighted by Gasteiger charge is 2.20. The quantitative estimate of drug-likeness (QED) is 0.0975. The van der Waals surface area contributed by atoms with E-state index in [4.69, 9.17) is 14.5 Å². The van der Waals surface area contributed by atoms with Crippen molar-refractivity contribution >= 4 is 18.2 Å². The average molecular weight is 441 g/mol. The van der Waals surface area contributed by atoms with E-state index < -0.39 is 12.2 Å². The van der Waals surface area contributed by atoms with Gasteiger partial charge in [0.25, 0.3) is 0 Å². The van der Waals surface area contributed by atoms with Crippen LogP contribution < -0.4 is 0 Å². The summed E-state index contributed by atoms with van der Waals surface area (Å²) >= 11 is 0.289. The third-order valence-electron chi connectivity index (χ3n) is 4.91. The van der Waals surface area contributed by atoms with E-state index in [0.717, 1.165) is 12.8 Å². The maximum absolute atomic E-state index is 10.7. The van der Waals surface area contributed by atoms with Gasteiger partial charge in [-0.15, -0.1) is 0 Å². The van der Waals surface area contributed by atoms with Gasteiger partial charge in [-0.2, -0.15) is 0 Å². The highest BCUT2D eigenvalue weighted by atomic mass is 32.7. The second-order valence-corrected chi connectivity index (χ2v) is 11.6. The van der Waals surface area contributed by atoms with Crippen molar-refractivity contribution < 1.29 is 24.2 Å². The molecule has 0 fully saturated rings. The molecule has 1 unspecified atom stereocenters. The van der Waals surface area contributed by atoms with Crippen LogP contribution in [0, 0.1) is 0 Å². The number of aliphatic hydroxyl groups is 1. The van der Waals surface area contributed by atoms with Crippen molar-refractivity contribution in [2.24, 2.45) is 0 Å². The molecule has 0 bridgehead atoms. The molecule has 28 heavy (non-hydrogen) atoms. The minimum atomic E-state index is -4.21. The highest BCUT2D eigenvalue weighted by Crippen LogP contribution is 2.52. The first kappa shape index (κ1) is 28.4. The van der Waals surface area contributed by atoms with Crippen molar-refractivity contribution in [2.45, 2.75) is 122 Å². The molecule has 0 spiro atoms. The van der Waals surface area contributed by atoms with Crippen LogP contribution in [0.25, 0.3) is 0 Å². The van der Waals surface area contributed by atoms with Gasteiger partial charge in [-0.1, -0.05) is 103 Å². The largest absolute Gasteiger partial charge is 0.386 e. The molecule has 0 saturated carbocycles. The maximum atomic E-state index is 10.7. The van der Waals surface area contributed by atoms with E-state index in [-0.39, 0.29) is 17.8 Å². The molecular formula is C21H45O5PS. The Morgan fingerprint density at radius 1 is 0.714 bits per heavy atom. The van der Waals surface area contributed by atoms with Gasteiger partial charge in [0.1, 0.15) is 5.44 Å². The molecule has 0 amide bonds. The Labute approximate surface area is 177 Å². The first-order chi connectivity index (χ1) is 13.5. The zero-order chi connectivity index (χ0) is 20.9. The van der Waals surface area contributed by atoms with Crippen molar-refractivity contribution in [1.82, 2.24) is 0 Å². The monoisotopic (exact) mass is 440 g/mol. The van der Waals surface area contributed by atoms with E-state index in [0.29, 0.717) is 13.2 Å². The van der Waals surface area contributed by atoms with Crippen LogP contribution in [0.15, 0.2) is 0 Å². The van der Waals surface area contributed by atoms with Gasteiger partial charge in [0, 0.05) is 19.6 Å². The van der Waals surface area contributed by atoms with Gasteiger partial charge in [0.2, 0.25) is 0 Å². The van der Waals surface area contributed by atoms with Crippen LogP contribution in [-0.2, 0) is 9.30 Å². The smallest absolute Gasteiger partial charge is 0.382 e. The number of hydrogen-bond acceptors (Lipinski definition) is 4. The second-order valence-electron chi connectivity index (χ2n) is 7.75. The SMILES string of the molecule is CCCCCCCCCCCCCCCCCCOCCC(O)SP(=O)(O)O. The normalized spacial score (nSPS) is 13.1. The summed E-state index contributed by atoms with van der Waals surface area (Å²) in [4.78, 5) is 17.4. The molecule has 0 aliphatic heterocycles. The van der Waals surface area contributed by atoms with Gasteiger partial charge in [-0.05, 0) is 17.8 Å². The Morgan fingerprint density at radius 3 is 1.50 bits per heavy atom. The van der Waals surface area contributed by atoms with Crippen LogP contribution in [-0.4, -0.2) is 33.5 Å². The third kappa shape index (κ3) is 24.5. The zero-order valence-electron chi connectivity index (χ0n) is 18.0. The molecule has 0 aliphatic rings. The van der Waals surface area contributed by atoms with Gasteiger partial charge in [0.15, 0.2) is 0 Å². The fraction of sp³-hybridized carbons (Fsp3) is 1.00. The lowest BCUT2D eigenvalue weighted by molar-refractivity contribution is 0.106. The fourth-order valence-electron chi connectivity index (χ4n) is 3.25. The summed E-state index contributed by atoms with van der Waals surface area (Å²) in [6, 6.07) is 0. The summed E-state index contributed by atoms with van der Waals surface area (Å²) in [5.74, 6) is 0. The van der Waals surface area contributed by atoms with Gasteiger partial charge < -0.3 is 19.6 Å². The summed E-state index contributed by atoms with van der Waals surface area (Å²) in [7, 11) is 0. The van der Waals surface area contributed by atoms with Crippen LogP contribution in [0.4, 0.5) is 0 Å². The number of ether oxygens (including phenoxy) is 1. The minimum absolute atomic E-state index is 0.245. The Balaban J connectivity index is 3.11. The van der Waals surface area contributed by atoms with Gasteiger partial charge in [-0.3, -0.25) is 0 Å². The number of hydrogen-bond donors (Lipinski definition) is 3. The topological polar surface area (TPSA) is 87.0 Å². The molecule has 7 heteroatoms. The van der Waals surface area contributed by atoms with Gasteiger partial charge in [-0.25, -0.2) is 4.57 Å². The van der Waals surface area contributed by atoms with E-state index in [1.54, 1.807) is 0 Å². The van der Waals surface area contributed by atoms with E-state index in [2.05, 4.69) is 6.92 Å². The van der Waals surface area contributed by atoms with Crippen LogP contribution in [0.2, 0.25) is 0 Å². The molecule has 0 radical (unpaired) electrons. The van der Waals surface area contributed by atoms with E-state index >= 15 is 0 Å². The average Bonchev–Trinajstić information content (AvgIpc) is 2.62. The molecular weight excluding hydrogens is 395 g/mol. The van der Waals surface area contributed by atoms with Crippen LogP contribution in [0.3, 0.4) is 0 Å². The molecule has 0 heterocycles. The summed E-state index contributed by atoms with van der Waals surface area (Å²) in [6.07, 6.45) is 21.7. The fourth-order valence-corrected chi connectivity index (χ4v) is 5.04. The minimum Gasteiger partial charge on any atom is -0.382 e. The molecule has 5 nitrogen and oxygen atoms in total. The van der Waals surface area contributed by atoms with E-state index in [1.165, 1.54) is 89.9 Å². The number of rotatable bonds is 22. The molecule has 0 aromatic rings. The first-order valence-corrected chi connectivity index (χ1v) is 14.5. The Bertz CT molecular complexity index is 365. The predicted molar refractivity (Wildman–Crippen MR) is 121 cm³/mol. The second kappa shape index (κ2) is 20.7. The molecule has 1 atom stereocenters. The van der Waals surface area contributed by atoms with Crippen molar-refractivity contribution in [3.05, 3.63) is 0 Å². The molecule has 3 N–H and O–H groups in total. The molecule has 170 valence electrons. The van der Waals surface area contributed by atoms with Crippen molar-refractivity contribution in [2.75, 3.05) is 13.2 Å². The lowest BCUT2D eigenvalue weighted by Gasteiger charge is -2.11. The molecule has 0 aromatic carbocycles. The standard InChI is InChI=1S/C21H45O5PS/c1-2-3-4-5-6-7-8-9-10-11-12-13-14-15-16-17-19-26-20-18-21(22)28-27(23,24)25/h21-22H,2-20H2,1H3,(H2,23,24,25). The van der Waals surface area contributed by atoms with E-state index in [9.17, 15) is 9.67 Å². The Morgan fingerprint density at radius 2 is 1.11 bits per heavy atom. The Hall–Kier alpha value is 0.420. The van der Waals surface area contributed by atoms with Crippen molar-refractivity contribution in [3.8, 4) is 0 Å². The Kier molecular flexibility index (Phi) is 21.0. The van der Waals surface area contributed by atoms with Crippen LogP contribution in [0.1, 0.15) is 116 Å². The molecule has 0 rings (SSSR count). The maximum Gasteiger partial charge on any atom is 0.386 e. The predicted octanol–water partition coefficient (Wildman–Crippen LogP) is 6.80. The van der Waals surface area contributed by atoms with Crippen LogP contribution in [0.5, 0.6) is 0 Å². The summed E-state index contributed by atoms with van der Waals surface area (Å²) < 4.78 is 16.1. The van der Waals surface area contributed by atoms with E-state index in [1.807, 2.05) is 0 Å². The first-order valence-electron chi connectivity index (χ1n) is 11.5. The molecule has 0 aliphatic carbocycles. The van der Waals surface area contributed by atoms with Crippen molar-refractivity contribution in [1.29, 1.82) is 0 Å². The summed E-state index contributed by atoms with van der Waals surface area (Å²) in [5, 5.41) is 9.42. The number of unbranched alkanes of at least 4 members (excludes halogenated alkanes) is 15. The van der Waals surface area contributed by atoms with Crippen LogP contribution >= 0.6 is 18.2 Å². The van der Waals surface area contributed by atoms with Gasteiger partial charge in [0.05, 0.1) is 0 Å². The summed E-state index contributed by atoms with van der Waals surface area (Å²) in [5.41, 5.74) is -1.06. The lowest BCUT2D eigenvalue weighted by Crippen LogP contribution is -2.07.